The standard InChI is InChI=1S/C31H39ClN4O5Si/c1-31(2,3)42(4,5)41-27-18-39-28-26(17-38-29(27)28)40-30-23(16-33)22-14-21(24(32)15-25(22)36(30)34)19-6-8-20(9-7-19)35-10-12-37-13-11-35/h6-9,14-15,26-29H,10-13,17-18,34H2,1-5H3/t26-,27?,28-,29-/m1/s1. The van der Waals surface area contributed by atoms with Gasteiger partial charge in [-0.05, 0) is 48.0 Å². The Hall–Kier alpha value is -2.78. The molecule has 224 valence electrons. The van der Waals surface area contributed by atoms with Gasteiger partial charge in [0.25, 0.3) is 0 Å². The summed E-state index contributed by atoms with van der Waals surface area (Å²) >= 11 is 6.78. The van der Waals surface area contributed by atoms with Crippen LogP contribution in [-0.4, -0.2) is 76.9 Å². The van der Waals surface area contributed by atoms with Crippen LogP contribution in [0.15, 0.2) is 36.4 Å². The third kappa shape index (κ3) is 5.17. The van der Waals surface area contributed by atoms with Gasteiger partial charge in [0.2, 0.25) is 5.88 Å². The molecule has 6 rings (SSSR count). The van der Waals surface area contributed by atoms with Crippen molar-refractivity contribution in [3.8, 4) is 23.1 Å². The second kappa shape index (κ2) is 11.0. The molecule has 2 aromatic carbocycles. The predicted molar refractivity (Wildman–Crippen MR) is 166 cm³/mol. The first-order valence-corrected chi connectivity index (χ1v) is 17.8. The minimum Gasteiger partial charge on any atom is -0.468 e. The minimum absolute atomic E-state index is 0.0761. The number of anilines is 1. The Balaban J connectivity index is 1.25. The van der Waals surface area contributed by atoms with Gasteiger partial charge in [-0.25, -0.2) is 4.68 Å². The van der Waals surface area contributed by atoms with Gasteiger partial charge in [0.15, 0.2) is 14.4 Å². The van der Waals surface area contributed by atoms with Crippen LogP contribution < -0.4 is 15.5 Å². The first kappa shape index (κ1) is 29.3. The molecule has 4 atom stereocenters. The Kier molecular flexibility index (Phi) is 7.71. The molecule has 3 aliphatic rings. The van der Waals surface area contributed by atoms with Crippen molar-refractivity contribution in [2.45, 2.75) is 63.3 Å². The highest BCUT2D eigenvalue weighted by Crippen LogP contribution is 2.42. The molecule has 0 amide bonds. The molecular formula is C31H39ClN4O5Si. The fourth-order valence-electron chi connectivity index (χ4n) is 5.76. The smallest absolute Gasteiger partial charge is 0.232 e. The molecule has 3 aliphatic heterocycles. The van der Waals surface area contributed by atoms with Crippen molar-refractivity contribution in [2.75, 3.05) is 50.3 Å². The number of nitrogen functional groups attached to an aromatic ring is 1. The number of aromatic nitrogens is 1. The fourth-order valence-corrected chi connectivity index (χ4v) is 7.34. The maximum atomic E-state index is 10.2. The van der Waals surface area contributed by atoms with Gasteiger partial charge in [0.1, 0.15) is 23.8 Å². The quantitative estimate of drug-likeness (QED) is 0.295. The van der Waals surface area contributed by atoms with E-state index in [9.17, 15) is 5.26 Å². The Morgan fingerprint density at radius 3 is 2.31 bits per heavy atom. The SMILES string of the molecule is CC(C)(C)[Si](C)(C)OC1CO[C@H]2[C@@H]1OC[C@H]2Oc1c(C#N)c2cc(-c3ccc(N4CCOCC4)cc3)c(Cl)cc2n1N. The molecule has 0 bridgehead atoms. The second-order valence-electron chi connectivity index (χ2n) is 12.8. The van der Waals surface area contributed by atoms with Gasteiger partial charge >= 0.3 is 0 Å². The van der Waals surface area contributed by atoms with Crippen LogP contribution in [0, 0.1) is 11.3 Å². The number of nitrogens with two attached hydrogens (primary N) is 1. The number of halogens is 1. The molecule has 0 aliphatic carbocycles. The Morgan fingerprint density at radius 1 is 1.02 bits per heavy atom. The summed E-state index contributed by atoms with van der Waals surface area (Å²) in [5, 5.41) is 11.5. The molecule has 42 heavy (non-hydrogen) atoms. The van der Waals surface area contributed by atoms with Gasteiger partial charge in [-0.15, -0.1) is 0 Å². The number of nitrogens with zero attached hydrogens (tertiary/aromatic N) is 3. The Labute approximate surface area is 253 Å². The zero-order valence-electron chi connectivity index (χ0n) is 24.9. The highest BCUT2D eigenvalue weighted by molar-refractivity contribution is 6.74. The number of rotatable bonds is 6. The molecule has 4 heterocycles. The number of hydrogen-bond acceptors (Lipinski definition) is 8. The van der Waals surface area contributed by atoms with Crippen LogP contribution in [-0.2, 0) is 18.6 Å². The van der Waals surface area contributed by atoms with Crippen LogP contribution in [0.25, 0.3) is 22.0 Å². The molecule has 1 unspecified atom stereocenters. The van der Waals surface area contributed by atoms with E-state index >= 15 is 0 Å². The van der Waals surface area contributed by atoms with Crippen LogP contribution in [0.4, 0.5) is 5.69 Å². The molecule has 3 fully saturated rings. The summed E-state index contributed by atoms with van der Waals surface area (Å²) < 4.78 is 32.2. The molecule has 0 radical (unpaired) electrons. The van der Waals surface area contributed by atoms with Crippen molar-refractivity contribution in [1.29, 1.82) is 5.26 Å². The normalized spacial score (nSPS) is 24.6. The Morgan fingerprint density at radius 2 is 1.67 bits per heavy atom. The van der Waals surface area contributed by atoms with E-state index in [1.807, 2.05) is 6.07 Å². The summed E-state index contributed by atoms with van der Waals surface area (Å²) in [5.41, 5.74) is 3.88. The summed E-state index contributed by atoms with van der Waals surface area (Å²) in [6.07, 6.45) is -1.12. The van der Waals surface area contributed by atoms with Crippen molar-refractivity contribution in [1.82, 2.24) is 4.68 Å². The minimum atomic E-state index is -2.01. The third-order valence-electron chi connectivity index (χ3n) is 9.19. The topological polar surface area (TPSA) is 104 Å². The molecule has 2 N–H and O–H groups in total. The van der Waals surface area contributed by atoms with Crippen LogP contribution in [0.3, 0.4) is 0 Å². The largest absolute Gasteiger partial charge is 0.468 e. The van der Waals surface area contributed by atoms with E-state index < -0.39 is 14.4 Å². The monoisotopic (exact) mass is 610 g/mol. The van der Waals surface area contributed by atoms with Gasteiger partial charge in [-0.3, -0.25) is 0 Å². The van der Waals surface area contributed by atoms with Gasteiger partial charge in [0.05, 0.1) is 43.1 Å². The van der Waals surface area contributed by atoms with Crippen molar-refractivity contribution in [3.05, 3.63) is 47.0 Å². The lowest BCUT2D eigenvalue weighted by molar-refractivity contribution is 0.0120. The lowest BCUT2D eigenvalue weighted by Gasteiger charge is -2.39. The lowest BCUT2D eigenvalue weighted by atomic mass is 10.0. The Bertz CT molecular complexity index is 1510. The number of fused-ring (bicyclic) bond motifs is 2. The first-order valence-electron chi connectivity index (χ1n) is 14.5. The fraction of sp³-hybridized carbons (Fsp3) is 0.516. The molecular weight excluding hydrogens is 572 g/mol. The van der Waals surface area contributed by atoms with Crippen molar-refractivity contribution >= 4 is 36.5 Å². The molecule has 0 saturated carbocycles. The van der Waals surface area contributed by atoms with Crippen LogP contribution in [0.1, 0.15) is 26.3 Å². The summed E-state index contributed by atoms with van der Waals surface area (Å²) in [6.45, 7) is 15.1. The number of morpholine rings is 1. The predicted octanol–water partition coefficient (Wildman–Crippen LogP) is 5.32. The van der Waals surface area contributed by atoms with E-state index in [1.54, 1.807) is 6.07 Å². The third-order valence-corrected chi connectivity index (χ3v) is 14.0. The van der Waals surface area contributed by atoms with Gasteiger partial charge in [0, 0.05) is 29.7 Å². The highest BCUT2D eigenvalue weighted by atomic mass is 35.5. The van der Waals surface area contributed by atoms with E-state index in [0.29, 0.717) is 34.7 Å². The molecule has 3 aromatic rings. The number of hydrogen-bond donors (Lipinski definition) is 1. The summed E-state index contributed by atoms with van der Waals surface area (Å²) in [4.78, 5) is 2.30. The van der Waals surface area contributed by atoms with Gasteiger partial charge in [-0.1, -0.05) is 44.5 Å². The second-order valence-corrected chi connectivity index (χ2v) is 18.0. The van der Waals surface area contributed by atoms with E-state index in [1.165, 1.54) is 4.68 Å². The molecule has 1 aromatic heterocycles. The summed E-state index contributed by atoms with van der Waals surface area (Å²) in [7, 11) is -2.01. The van der Waals surface area contributed by atoms with E-state index in [-0.39, 0.29) is 29.2 Å². The number of nitriles is 1. The van der Waals surface area contributed by atoms with Crippen LogP contribution in [0.2, 0.25) is 23.2 Å². The summed E-state index contributed by atoms with van der Waals surface area (Å²) in [6, 6.07) is 14.3. The highest BCUT2D eigenvalue weighted by Gasteiger charge is 2.52. The zero-order chi connectivity index (χ0) is 29.8. The van der Waals surface area contributed by atoms with E-state index in [4.69, 9.17) is 40.8 Å². The van der Waals surface area contributed by atoms with Crippen molar-refractivity contribution in [3.63, 3.8) is 0 Å². The average Bonchev–Trinajstić information content (AvgIpc) is 3.62. The molecule has 3 saturated heterocycles. The number of benzene rings is 2. The molecule has 0 spiro atoms. The van der Waals surface area contributed by atoms with Gasteiger partial charge < -0.3 is 34.1 Å². The lowest BCUT2D eigenvalue weighted by Crippen LogP contribution is -2.47. The van der Waals surface area contributed by atoms with Crippen LogP contribution in [0.5, 0.6) is 5.88 Å². The maximum absolute atomic E-state index is 10.2. The summed E-state index contributed by atoms with van der Waals surface area (Å²) in [5.74, 6) is 6.79. The van der Waals surface area contributed by atoms with Crippen LogP contribution >= 0.6 is 11.6 Å². The van der Waals surface area contributed by atoms with E-state index in [2.05, 4.69) is 69.1 Å². The van der Waals surface area contributed by atoms with E-state index in [0.717, 1.165) is 43.1 Å². The average molecular weight is 611 g/mol. The zero-order valence-corrected chi connectivity index (χ0v) is 26.6. The van der Waals surface area contributed by atoms with Crippen molar-refractivity contribution < 1.29 is 23.4 Å². The van der Waals surface area contributed by atoms with Crippen molar-refractivity contribution in [2.24, 2.45) is 0 Å². The first-order chi connectivity index (χ1) is 20.0. The maximum Gasteiger partial charge on any atom is 0.232 e. The number of ether oxygens (including phenoxy) is 4. The molecule has 9 nitrogen and oxygen atoms in total. The van der Waals surface area contributed by atoms with Gasteiger partial charge in [-0.2, -0.15) is 5.26 Å². The molecule has 11 heteroatoms.